The number of fused-ring (bicyclic) bond motifs is 2. The molecule has 4 rings (SSSR count). The van der Waals surface area contributed by atoms with Gasteiger partial charge in [-0.25, -0.2) is 4.98 Å². The molecule has 0 N–H and O–H groups in total. The molecule has 0 saturated carbocycles. The minimum Gasteiger partial charge on any atom is -0.454 e. The Morgan fingerprint density at radius 2 is 2.20 bits per heavy atom. The highest BCUT2D eigenvalue weighted by atomic mass is 32.1. The summed E-state index contributed by atoms with van der Waals surface area (Å²) < 4.78 is 12.7. The van der Waals surface area contributed by atoms with Crippen LogP contribution in [-0.4, -0.2) is 16.3 Å². The van der Waals surface area contributed by atoms with Gasteiger partial charge in [-0.2, -0.15) is 5.26 Å². The normalized spacial score (nSPS) is 12.8. The van der Waals surface area contributed by atoms with E-state index in [0.717, 1.165) is 21.7 Å². The topological polar surface area (TPSA) is 60.1 Å². The van der Waals surface area contributed by atoms with E-state index in [1.54, 1.807) is 11.3 Å². The van der Waals surface area contributed by atoms with Crippen molar-refractivity contribution in [3.05, 3.63) is 29.6 Å². The Kier molecular flexibility index (Phi) is 2.41. The summed E-state index contributed by atoms with van der Waals surface area (Å²) in [5.41, 5.74) is 1.70. The SMILES string of the molecule is N#CCn1c(-c2cccs2)nc2cc3c(cc21)OCO3. The van der Waals surface area contributed by atoms with E-state index in [-0.39, 0.29) is 13.3 Å². The van der Waals surface area contributed by atoms with Crippen molar-refractivity contribution in [2.75, 3.05) is 6.79 Å². The number of imidazole rings is 1. The van der Waals surface area contributed by atoms with Crippen molar-refractivity contribution in [1.29, 1.82) is 5.26 Å². The average Bonchev–Trinajstić information content (AvgIpc) is 3.15. The van der Waals surface area contributed by atoms with Crippen molar-refractivity contribution >= 4 is 22.4 Å². The minimum absolute atomic E-state index is 0.234. The van der Waals surface area contributed by atoms with E-state index in [0.29, 0.717) is 11.5 Å². The van der Waals surface area contributed by atoms with Crippen LogP contribution >= 0.6 is 11.3 Å². The monoisotopic (exact) mass is 283 g/mol. The molecular weight excluding hydrogens is 274 g/mol. The largest absolute Gasteiger partial charge is 0.454 e. The van der Waals surface area contributed by atoms with Crippen LogP contribution in [0.5, 0.6) is 11.5 Å². The summed E-state index contributed by atoms with van der Waals surface area (Å²) in [5, 5.41) is 11.1. The second kappa shape index (κ2) is 4.25. The third kappa shape index (κ3) is 1.57. The number of rotatable bonds is 2. The molecule has 0 saturated heterocycles. The lowest BCUT2D eigenvalue weighted by molar-refractivity contribution is 0.174. The molecule has 0 atom stereocenters. The molecule has 20 heavy (non-hydrogen) atoms. The van der Waals surface area contributed by atoms with E-state index in [1.807, 2.05) is 34.2 Å². The van der Waals surface area contributed by atoms with E-state index in [4.69, 9.17) is 14.7 Å². The number of nitrogens with zero attached hydrogens (tertiary/aromatic N) is 3. The van der Waals surface area contributed by atoms with Crippen molar-refractivity contribution in [2.45, 2.75) is 6.54 Å². The van der Waals surface area contributed by atoms with Crippen molar-refractivity contribution in [1.82, 2.24) is 9.55 Å². The van der Waals surface area contributed by atoms with Crippen LogP contribution in [0, 0.1) is 11.3 Å². The zero-order valence-corrected chi connectivity index (χ0v) is 11.2. The Morgan fingerprint density at radius 3 is 2.95 bits per heavy atom. The second-order valence-corrected chi connectivity index (χ2v) is 5.30. The van der Waals surface area contributed by atoms with E-state index in [1.165, 1.54) is 0 Å². The van der Waals surface area contributed by atoms with Gasteiger partial charge in [0.25, 0.3) is 0 Å². The van der Waals surface area contributed by atoms with Crippen LogP contribution in [0.1, 0.15) is 0 Å². The standard InChI is InChI=1S/C14H9N3O2S/c15-3-4-17-10-7-12-11(18-8-19-12)6-9(10)16-14(17)13-2-1-5-20-13/h1-2,5-7H,4,8H2. The van der Waals surface area contributed by atoms with Gasteiger partial charge in [0.05, 0.1) is 22.0 Å². The van der Waals surface area contributed by atoms with Gasteiger partial charge in [0, 0.05) is 12.1 Å². The van der Waals surface area contributed by atoms with E-state index in [2.05, 4.69) is 11.1 Å². The lowest BCUT2D eigenvalue weighted by Gasteiger charge is -2.03. The van der Waals surface area contributed by atoms with Crippen molar-refractivity contribution in [2.24, 2.45) is 0 Å². The van der Waals surface area contributed by atoms with Crippen LogP contribution in [0.3, 0.4) is 0 Å². The molecule has 1 aliphatic heterocycles. The van der Waals surface area contributed by atoms with Crippen LogP contribution in [-0.2, 0) is 6.54 Å². The maximum atomic E-state index is 9.06. The molecule has 0 spiro atoms. The van der Waals surface area contributed by atoms with Gasteiger partial charge in [-0.3, -0.25) is 0 Å². The Bertz CT molecular complexity index is 830. The van der Waals surface area contributed by atoms with Gasteiger partial charge in [-0.1, -0.05) is 6.07 Å². The highest BCUT2D eigenvalue weighted by Gasteiger charge is 2.20. The number of hydrogen-bond acceptors (Lipinski definition) is 5. The Balaban J connectivity index is 2.00. The maximum Gasteiger partial charge on any atom is 0.231 e. The third-order valence-corrected chi connectivity index (χ3v) is 4.08. The molecule has 3 heterocycles. The molecule has 6 heteroatoms. The number of benzene rings is 1. The predicted octanol–water partition coefficient (Wildman–Crippen LogP) is 3.02. The molecule has 0 unspecified atom stereocenters. The fourth-order valence-electron chi connectivity index (χ4n) is 2.34. The summed E-state index contributed by atoms with van der Waals surface area (Å²) in [7, 11) is 0. The minimum atomic E-state index is 0.234. The Hall–Kier alpha value is -2.52. The third-order valence-electron chi connectivity index (χ3n) is 3.21. The highest BCUT2D eigenvalue weighted by molar-refractivity contribution is 7.13. The van der Waals surface area contributed by atoms with Gasteiger partial charge in [0.15, 0.2) is 17.3 Å². The number of nitriles is 1. The van der Waals surface area contributed by atoms with Gasteiger partial charge in [0.2, 0.25) is 6.79 Å². The summed E-state index contributed by atoms with van der Waals surface area (Å²) in [6.07, 6.45) is 0. The Labute approximate surface area is 118 Å². The summed E-state index contributed by atoms with van der Waals surface area (Å²) in [4.78, 5) is 5.68. The predicted molar refractivity (Wildman–Crippen MR) is 74.8 cm³/mol. The van der Waals surface area contributed by atoms with Gasteiger partial charge in [-0.05, 0) is 11.4 Å². The van der Waals surface area contributed by atoms with E-state index in [9.17, 15) is 0 Å². The van der Waals surface area contributed by atoms with Crippen LogP contribution in [0.25, 0.3) is 21.7 Å². The summed E-state index contributed by atoms with van der Waals surface area (Å²) in [5.74, 6) is 2.21. The maximum absolute atomic E-state index is 9.06. The lowest BCUT2D eigenvalue weighted by atomic mass is 10.2. The van der Waals surface area contributed by atoms with Crippen LogP contribution in [0.4, 0.5) is 0 Å². The zero-order valence-electron chi connectivity index (χ0n) is 10.4. The molecule has 0 amide bonds. The van der Waals surface area contributed by atoms with Crippen LogP contribution in [0.2, 0.25) is 0 Å². The van der Waals surface area contributed by atoms with Gasteiger partial charge < -0.3 is 14.0 Å². The second-order valence-electron chi connectivity index (χ2n) is 4.35. The first-order chi connectivity index (χ1) is 9.86. The Morgan fingerprint density at radius 1 is 1.35 bits per heavy atom. The quantitative estimate of drug-likeness (QED) is 0.725. The molecule has 2 aromatic heterocycles. The molecule has 0 aliphatic carbocycles. The van der Waals surface area contributed by atoms with Crippen molar-refractivity contribution in [3.8, 4) is 28.3 Å². The number of aromatic nitrogens is 2. The van der Waals surface area contributed by atoms with Gasteiger partial charge in [-0.15, -0.1) is 11.3 Å². The molecule has 0 bridgehead atoms. The smallest absolute Gasteiger partial charge is 0.231 e. The van der Waals surface area contributed by atoms with Crippen molar-refractivity contribution < 1.29 is 9.47 Å². The molecule has 98 valence electrons. The molecule has 1 aliphatic rings. The highest BCUT2D eigenvalue weighted by Crippen LogP contribution is 2.38. The lowest BCUT2D eigenvalue weighted by Crippen LogP contribution is -1.97. The van der Waals surface area contributed by atoms with Gasteiger partial charge >= 0.3 is 0 Å². The van der Waals surface area contributed by atoms with E-state index < -0.39 is 0 Å². The summed E-state index contributed by atoms with van der Waals surface area (Å²) >= 11 is 1.60. The molecule has 1 aromatic carbocycles. The van der Waals surface area contributed by atoms with Crippen molar-refractivity contribution in [3.63, 3.8) is 0 Å². The molecular formula is C14H9N3O2S. The summed E-state index contributed by atoms with van der Waals surface area (Å²) in [6, 6.07) is 9.91. The first kappa shape index (κ1) is 11.3. The molecule has 0 radical (unpaired) electrons. The number of ether oxygens (including phenoxy) is 2. The molecule has 0 fully saturated rings. The number of hydrogen-bond donors (Lipinski definition) is 0. The van der Waals surface area contributed by atoms with Crippen LogP contribution < -0.4 is 9.47 Å². The number of thiophene rings is 1. The average molecular weight is 283 g/mol. The first-order valence-electron chi connectivity index (χ1n) is 6.07. The first-order valence-corrected chi connectivity index (χ1v) is 6.95. The summed E-state index contributed by atoms with van der Waals surface area (Å²) in [6.45, 7) is 0.487. The van der Waals surface area contributed by atoms with E-state index >= 15 is 0 Å². The van der Waals surface area contributed by atoms with Crippen LogP contribution in [0.15, 0.2) is 29.6 Å². The fourth-order valence-corrected chi connectivity index (χ4v) is 3.06. The van der Waals surface area contributed by atoms with Gasteiger partial charge in [0.1, 0.15) is 6.54 Å². The molecule has 5 nitrogen and oxygen atoms in total. The fraction of sp³-hybridized carbons (Fsp3) is 0.143. The zero-order chi connectivity index (χ0) is 13.5. The molecule has 3 aromatic rings.